The van der Waals surface area contributed by atoms with E-state index in [1.165, 1.54) is 0 Å². The number of carbonyl (C=O) groups is 2. The SMILES string of the molecule is C=C(C)CC1CCC(C(=O)OCC)C1=O. The molecule has 0 spiro atoms. The summed E-state index contributed by atoms with van der Waals surface area (Å²) in [7, 11) is 0. The largest absolute Gasteiger partial charge is 0.465 e. The molecule has 84 valence electrons. The standard InChI is InChI=1S/C12H18O3/c1-4-15-12(14)10-6-5-9(11(10)13)7-8(2)3/h9-10H,2,4-7H2,1,3H3. The molecule has 0 aromatic rings. The molecular weight excluding hydrogens is 192 g/mol. The van der Waals surface area contributed by atoms with Crippen LogP contribution in [0.1, 0.15) is 33.1 Å². The molecule has 0 N–H and O–H groups in total. The fraction of sp³-hybridized carbons (Fsp3) is 0.667. The Hall–Kier alpha value is -1.12. The van der Waals surface area contributed by atoms with Crippen LogP contribution in [-0.4, -0.2) is 18.4 Å². The first-order valence-electron chi connectivity index (χ1n) is 5.41. The molecule has 0 bridgehead atoms. The van der Waals surface area contributed by atoms with Crippen LogP contribution in [-0.2, 0) is 14.3 Å². The van der Waals surface area contributed by atoms with Crippen molar-refractivity contribution in [3.8, 4) is 0 Å². The molecule has 1 aliphatic rings. The maximum Gasteiger partial charge on any atom is 0.316 e. The van der Waals surface area contributed by atoms with Gasteiger partial charge in [-0.25, -0.2) is 0 Å². The number of ether oxygens (including phenoxy) is 1. The first-order valence-corrected chi connectivity index (χ1v) is 5.41. The molecule has 1 aliphatic carbocycles. The maximum atomic E-state index is 11.8. The quantitative estimate of drug-likeness (QED) is 0.405. The first kappa shape index (κ1) is 12.0. The van der Waals surface area contributed by atoms with Crippen molar-refractivity contribution in [1.82, 2.24) is 0 Å². The highest BCUT2D eigenvalue weighted by Gasteiger charge is 2.39. The number of ketones is 1. The van der Waals surface area contributed by atoms with Crippen LogP contribution in [0.15, 0.2) is 12.2 Å². The average molecular weight is 210 g/mol. The maximum absolute atomic E-state index is 11.8. The molecule has 3 nitrogen and oxygen atoms in total. The number of carbonyl (C=O) groups excluding carboxylic acids is 2. The second kappa shape index (κ2) is 5.10. The van der Waals surface area contributed by atoms with Crippen molar-refractivity contribution < 1.29 is 14.3 Å². The topological polar surface area (TPSA) is 43.4 Å². The fourth-order valence-corrected chi connectivity index (χ4v) is 2.04. The Morgan fingerprint density at radius 2 is 2.20 bits per heavy atom. The molecule has 1 fully saturated rings. The zero-order valence-electron chi connectivity index (χ0n) is 9.41. The Labute approximate surface area is 90.5 Å². The minimum absolute atomic E-state index is 0.0168. The van der Waals surface area contributed by atoms with E-state index in [4.69, 9.17) is 4.74 Å². The van der Waals surface area contributed by atoms with Crippen LogP contribution < -0.4 is 0 Å². The molecule has 2 unspecified atom stereocenters. The lowest BCUT2D eigenvalue weighted by atomic mass is 9.97. The molecule has 0 aromatic heterocycles. The third kappa shape index (κ3) is 2.91. The summed E-state index contributed by atoms with van der Waals surface area (Å²) in [5, 5.41) is 0. The number of hydrogen-bond acceptors (Lipinski definition) is 3. The van der Waals surface area contributed by atoms with E-state index in [2.05, 4.69) is 6.58 Å². The number of esters is 1. The normalized spacial score (nSPS) is 25.3. The molecule has 0 aliphatic heterocycles. The summed E-state index contributed by atoms with van der Waals surface area (Å²) < 4.78 is 4.87. The van der Waals surface area contributed by atoms with Crippen molar-refractivity contribution in [2.75, 3.05) is 6.61 Å². The van der Waals surface area contributed by atoms with Gasteiger partial charge in [0.05, 0.1) is 6.61 Å². The van der Waals surface area contributed by atoms with E-state index in [-0.39, 0.29) is 17.7 Å². The number of hydrogen-bond donors (Lipinski definition) is 0. The predicted octanol–water partition coefficient (Wildman–Crippen LogP) is 2.11. The highest BCUT2D eigenvalue weighted by molar-refractivity contribution is 6.01. The van der Waals surface area contributed by atoms with Crippen LogP contribution >= 0.6 is 0 Å². The molecule has 1 rings (SSSR count). The number of Topliss-reactive ketones (excluding diaryl/α,β-unsaturated/α-hetero) is 1. The Kier molecular flexibility index (Phi) is 4.06. The lowest BCUT2D eigenvalue weighted by Crippen LogP contribution is -2.24. The number of allylic oxidation sites excluding steroid dienone is 1. The lowest BCUT2D eigenvalue weighted by molar-refractivity contribution is -0.150. The van der Waals surface area contributed by atoms with Gasteiger partial charge in [0.1, 0.15) is 11.7 Å². The second-order valence-corrected chi connectivity index (χ2v) is 4.14. The van der Waals surface area contributed by atoms with Gasteiger partial charge in [-0.2, -0.15) is 0 Å². The van der Waals surface area contributed by atoms with E-state index < -0.39 is 5.92 Å². The summed E-state index contributed by atoms with van der Waals surface area (Å²) >= 11 is 0. The van der Waals surface area contributed by atoms with Crippen LogP contribution in [0.4, 0.5) is 0 Å². The summed E-state index contributed by atoms with van der Waals surface area (Å²) in [5.74, 6) is -0.852. The van der Waals surface area contributed by atoms with E-state index in [1.807, 2.05) is 6.92 Å². The summed E-state index contributed by atoms with van der Waals surface area (Å²) in [4.78, 5) is 23.2. The molecule has 0 amide bonds. The Bertz CT molecular complexity index is 281. The van der Waals surface area contributed by atoms with Crippen LogP contribution in [0.2, 0.25) is 0 Å². The average Bonchev–Trinajstić information content (AvgIpc) is 2.48. The van der Waals surface area contributed by atoms with Gasteiger partial charge < -0.3 is 4.74 Å². The highest BCUT2D eigenvalue weighted by atomic mass is 16.5. The molecule has 1 saturated carbocycles. The van der Waals surface area contributed by atoms with E-state index in [0.29, 0.717) is 19.4 Å². The molecule has 0 heterocycles. The van der Waals surface area contributed by atoms with Gasteiger partial charge in [0, 0.05) is 5.92 Å². The van der Waals surface area contributed by atoms with Crippen LogP contribution in [0.5, 0.6) is 0 Å². The summed E-state index contributed by atoms with van der Waals surface area (Å²) in [6.45, 7) is 7.79. The van der Waals surface area contributed by atoms with Crippen molar-refractivity contribution in [3.63, 3.8) is 0 Å². The van der Waals surface area contributed by atoms with Crippen LogP contribution in [0.3, 0.4) is 0 Å². The van der Waals surface area contributed by atoms with Gasteiger partial charge in [-0.05, 0) is 33.1 Å². The molecule has 0 saturated heterocycles. The van der Waals surface area contributed by atoms with Gasteiger partial charge in [-0.15, -0.1) is 6.58 Å². The van der Waals surface area contributed by atoms with Crippen LogP contribution in [0.25, 0.3) is 0 Å². The van der Waals surface area contributed by atoms with Gasteiger partial charge in [-0.3, -0.25) is 9.59 Å². The Balaban J connectivity index is 2.56. The predicted molar refractivity (Wildman–Crippen MR) is 57.3 cm³/mol. The zero-order valence-corrected chi connectivity index (χ0v) is 9.41. The van der Waals surface area contributed by atoms with Crippen molar-refractivity contribution in [2.24, 2.45) is 11.8 Å². The van der Waals surface area contributed by atoms with Gasteiger partial charge in [0.15, 0.2) is 0 Å². The third-order valence-corrected chi connectivity index (χ3v) is 2.72. The van der Waals surface area contributed by atoms with Crippen molar-refractivity contribution in [2.45, 2.75) is 33.1 Å². The van der Waals surface area contributed by atoms with Gasteiger partial charge in [0.2, 0.25) is 0 Å². The monoisotopic (exact) mass is 210 g/mol. The smallest absolute Gasteiger partial charge is 0.316 e. The van der Waals surface area contributed by atoms with Gasteiger partial charge in [0.25, 0.3) is 0 Å². The van der Waals surface area contributed by atoms with E-state index in [9.17, 15) is 9.59 Å². The van der Waals surface area contributed by atoms with Crippen molar-refractivity contribution in [1.29, 1.82) is 0 Å². The van der Waals surface area contributed by atoms with Crippen molar-refractivity contribution >= 4 is 11.8 Å². The van der Waals surface area contributed by atoms with E-state index >= 15 is 0 Å². The second-order valence-electron chi connectivity index (χ2n) is 4.14. The van der Waals surface area contributed by atoms with Gasteiger partial charge >= 0.3 is 5.97 Å². The summed E-state index contributed by atoms with van der Waals surface area (Å²) in [5.41, 5.74) is 0.998. The van der Waals surface area contributed by atoms with Crippen LogP contribution in [0, 0.1) is 11.8 Å². The molecule has 2 atom stereocenters. The molecule has 0 radical (unpaired) electrons. The van der Waals surface area contributed by atoms with E-state index in [0.717, 1.165) is 12.0 Å². The first-order chi connectivity index (χ1) is 7.06. The molecule has 0 aromatic carbocycles. The highest BCUT2D eigenvalue weighted by Crippen LogP contribution is 2.32. The van der Waals surface area contributed by atoms with Gasteiger partial charge in [-0.1, -0.05) is 5.57 Å². The Morgan fingerprint density at radius 1 is 1.53 bits per heavy atom. The van der Waals surface area contributed by atoms with E-state index in [1.54, 1.807) is 6.92 Å². The zero-order chi connectivity index (χ0) is 11.4. The summed E-state index contributed by atoms with van der Waals surface area (Å²) in [6, 6.07) is 0. The molecule has 3 heteroatoms. The fourth-order valence-electron chi connectivity index (χ4n) is 2.04. The summed E-state index contributed by atoms with van der Waals surface area (Å²) in [6.07, 6.45) is 2.12. The lowest BCUT2D eigenvalue weighted by Gasteiger charge is -2.09. The third-order valence-electron chi connectivity index (χ3n) is 2.72. The molecular formula is C12H18O3. The minimum atomic E-state index is -0.519. The van der Waals surface area contributed by atoms with Crippen molar-refractivity contribution in [3.05, 3.63) is 12.2 Å². The number of rotatable bonds is 4. The molecule has 15 heavy (non-hydrogen) atoms. The Morgan fingerprint density at radius 3 is 2.73 bits per heavy atom. The minimum Gasteiger partial charge on any atom is -0.465 e.